The number of thiophene rings is 1. The lowest BCUT2D eigenvalue weighted by Crippen LogP contribution is -2.51. The second kappa shape index (κ2) is 6.87. The molecular weight excluding hydrogens is 284 g/mol. The van der Waals surface area contributed by atoms with Gasteiger partial charge in [-0.15, -0.1) is 11.3 Å². The molecule has 1 atom stereocenters. The van der Waals surface area contributed by atoms with Gasteiger partial charge in [-0.2, -0.15) is 0 Å². The van der Waals surface area contributed by atoms with E-state index >= 15 is 0 Å². The predicted molar refractivity (Wildman–Crippen MR) is 86.1 cm³/mol. The number of primary amides is 1. The van der Waals surface area contributed by atoms with Crippen LogP contribution in [0.2, 0.25) is 0 Å². The second-order valence-electron chi connectivity index (χ2n) is 5.33. The lowest BCUT2D eigenvalue weighted by atomic mass is 9.94. The van der Waals surface area contributed by atoms with E-state index < -0.39 is 5.54 Å². The highest BCUT2D eigenvalue weighted by Crippen LogP contribution is 2.23. The first-order valence-electron chi connectivity index (χ1n) is 7.10. The third-order valence-electron chi connectivity index (χ3n) is 3.88. The van der Waals surface area contributed by atoms with Gasteiger partial charge in [0.1, 0.15) is 5.82 Å². The Balaban J connectivity index is 1.88. The number of carbonyl (C=O) groups is 1. The van der Waals surface area contributed by atoms with Crippen molar-refractivity contribution in [3.8, 4) is 10.7 Å². The van der Waals surface area contributed by atoms with Crippen molar-refractivity contribution in [1.29, 1.82) is 0 Å². The molecule has 0 spiro atoms. The average molecular weight is 306 g/mol. The van der Waals surface area contributed by atoms with Gasteiger partial charge in [0.2, 0.25) is 5.91 Å². The summed E-state index contributed by atoms with van der Waals surface area (Å²) in [4.78, 5) is 17.0. The predicted octanol–water partition coefficient (Wildman–Crippen LogP) is 2.25. The molecule has 21 heavy (non-hydrogen) atoms. The Hall–Kier alpha value is -1.66. The Bertz CT molecular complexity index is 578. The van der Waals surface area contributed by atoms with Crippen LogP contribution in [0.5, 0.6) is 0 Å². The van der Waals surface area contributed by atoms with Crippen LogP contribution in [0.4, 0.5) is 0 Å². The number of rotatable bonds is 8. The molecule has 2 heterocycles. The number of nitrogens with two attached hydrogens (primary N) is 1. The molecule has 0 aliphatic rings. The van der Waals surface area contributed by atoms with Gasteiger partial charge in [-0.25, -0.2) is 4.98 Å². The minimum absolute atomic E-state index is 0.299. The van der Waals surface area contributed by atoms with E-state index in [4.69, 9.17) is 5.73 Å². The van der Waals surface area contributed by atoms with Crippen molar-refractivity contribution < 1.29 is 4.79 Å². The largest absolute Gasteiger partial charge is 0.368 e. The number of carbonyl (C=O) groups excluding carboxylic acids is 1. The number of imidazole rings is 1. The highest BCUT2D eigenvalue weighted by Gasteiger charge is 2.27. The van der Waals surface area contributed by atoms with Crippen LogP contribution in [-0.4, -0.2) is 28.0 Å². The maximum absolute atomic E-state index is 11.4. The number of unbranched alkanes of at least 4 members (excludes halogenated alkanes) is 1. The standard InChI is InChI=1S/C15H22N4OS/c1-15(17-2,14(16)20)7-3-4-9-19-10-8-18-13(19)12-6-5-11-21-12/h5-6,8,10-11,17H,3-4,7,9H2,1-2H3,(H2,16,20). The minimum atomic E-state index is -0.620. The number of amides is 1. The highest BCUT2D eigenvalue weighted by molar-refractivity contribution is 7.13. The molecule has 5 nitrogen and oxygen atoms in total. The van der Waals surface area contributed by atoms with E-state index in [-0.39, 0.29) is 5.91 Å². The molecule has 6 heteroatoms. The molecule has 0 saturated heterocycles. The van der Waals surface area contributed by atoms with Crippen LogP contribution in [0.1, 0.15) is 26.2 Å². The third-order valence-corrected chi connectivity index (χ3v) is 4.74. The van der Waals surface area contributed by atoms with Crippen LogP contribution in [0.25, 0.3) is 10.7 Å². The lowest BCUT2D eigenvalue weighted by molar-refractivity contribution is -0.123. The molecule has 1 unspecified atom stereocenters. The molecule has 0 aliphatic heterocycles. The fourth-order valence-electron chi connectivity index (χ4n) is 2.25. The Morgan fingerprint density at radius 3 is 2.95 bits per heavy atom. The van der Waals surface area contributed by atoms with Gasteiger partial charge in [0.05, 0.1) is 10.4 Å². The van der Waals surface area contributed by atoms with Gasteiger partial charge in [-0.3, -0.25) is 4.79 Å². The molecule has 3 N–H and O–H groups in total. The zero-order chi connectivity index (χ0) is 15.3. The van der Waals surface area contributed by atoms with Crippen LogP contribution < -0.4 is 11.1 Å². The zero-order valence-corrected chi connectivity index (χ0v) is 13.3. The first-order chi connectivity index (χ1) is 10.1. The maximum atomic E-state index is 11.4. The monoisotopic (exact) mass is 306 g/mol. The molecule has 114 valence electrons. The molecule has 0 aromatic carbocycles. The van der Waals surface area contributed by atoms with Gasteiger partial charge >= 0.3 is 0 Å². The van der Waals surface area contributed by atoms with E-state index in [0.29, 0.717) is 0 Å². The summed E-state index contributed by atoms with van der Waals surface area (Å²) in [5, 5.41) is 5.07. The van der Waals surface area contributed by atoms with Gasteiger partial charge in [0.15, 0.2) is 0 Å². The number of aromatic nitrogens is 2. The van der Waals surface area contributed by atoms with Crippen molar-refractivity contribution >= 4 is 17.2 Å². The van der Waals surface area contributed by atoms with E-state index in [2.05, 4.69) is 26.3 Å². The maximum Gasteiger partial charge on any atom is 0.237 e. The minimum Gasteiger partial charge on any atom is -0.368 e. The summed E-state index contributed by atoms with van der Waals surface area (Å²) in [6.45, 7) is 2.75. The Kier molecular flexibility index (Phi) is 5.14. The number of aryl methyl sites for hydroxylation is 1. The number of likely N-dealkylation sites (N-methyl/N-ethyl adjacent to an activating group) is 1. The van der Waals surface area contributed by atoms with Crippen molar-refractivity contribution in [2.75, 3.05) is 7.05 Å². The zero-order valence-electron chi connectivity index (χ0n) is 12.5. The van der Waals surface area contributed by atoms with Gasteiger partial charge in [-0.05, 0) is 44.7 Å². The van der Waals surface area contributed by atoms with Crippen molar-refractivity contribution in [2.45, 2.75) is 38.3 Å². The number of nitrogens with zero attached hydrogens (tertiary/aromatic N) is 2. The molecule has 2 aromatic heterocycles. The quantitative estimate of drug-likeness (QED) is 0.735. The smallest absolute Gasteiger partial charge is 0.237 e. The van der Waals surface area contributed by atoms with Crippen LogP contribution in [0.15, 0.2) is 29.9 Å². The van der Waals surface area contributed by atoms with E-state index in [1.54, 1.807) is 18.4 Å². The van der Waals surface area contributed by atoms with E-state index in [9.17, 15) is 4.79 Å². The lowest BCUT2D eigenvalue weighted by Gasteiger charge is -2.25. The molecular formula is C15H22N4OS. The first kappa shape index (κ1) is 15.7. The van der Waals surface area contributed by atoms with Crippen LogP contribution in [0, 0.1) is 0 Å². The number of hydrogen-bond donors (Lipinski definition) is 2. The summed E-state index contributed by atoms with van der Waals surface area (Å²) in [5.74, 6) is 0.711. The van der Waals surface area contributed by atoms with Gasteiger partial charge in [0.25, 0.3) is 0 Å². The molecule has 0 aliphatic carbocycles. The van der Waals surface area contributed by atoms with E-state index in [0.717, 1.165) is 31.6 Å². The van der Waals surface area contributed by atoms with E-state index in [1.165, 1.54) is 4.88 Å². The fourth-order valence-corrected chi connectivity index (χ4v) is 2.99. The Morgan fingerprint density at radius 1 is 1.52 bits per heavy atom. The molecule has 2 rings (SSSR count). The normalized spacial score (nSPS) is 14.0. The SMILES string of the molecule is CNC(C)(CCCCn1ccnc1-c1cccs1)C(N)=O. The van der Waals surface area contributed by atoms with Crippen LogP contribution >= 0.6 is 11.3 Å². The summed E-state index contributed by atoms with van der Waals surface area (Å²) < 4.78 is 2.16. The summed E-state index contributed by atoms with van der Waals surface area (Å²) >= 11 is 1.69. The summed E-state index contributed by atoms with van der Waals surface area (Å²) in [6, 6.07) is 4.11. The van der Waals surface area contributed by atoms with Gasteiger partial charge < -0.3 is 15.6 Å². The highest BCUT2D eigenvalue weighted by atomic mass is 32.1. The molecule has 0 fully saturated rings. The van der Waals surface area contributed by atoms with Crippen molar-refractivity contribution in [1.82, 2.24) is 14.9 Å². The van der Waals surface area contributed by atoms with Crippen LogP contribution in [-0.2, 0) is 11.3 Å². The molecule has 0 bridgehead atoms. The third kappa shape index (κ3) is 3.71. The van der Waals surface area contributed by atoms with Crippen molar-refractivity contribution in [2.24, 2.45) is 5.73 Å². The fraction of sp³-hybridized carbons (Fsp3) is 0.467. The average Bonchev–Trinajstić information content (AvgIpc) is 3.13. The number of hydrogen-bond acceptors (Lipinski definition) is 4. The Labute approximate surface area is 129 Å². The van der Waals surface area contributed by atoms with Gasteiger partial charge in [0, 0.05) is 18.9 Å². The molecule has 1 amide bonds. The van der Waals surface area contributed by atoms with E-state index in [1.807, 2.05) is 25.4 Å². The van der Waals surface area contributed by atoms with Crippen molar-refractivity contribution in [3.63, 3.8) is 0 Å². The Morgan fingerprint density at radius 2 is 2.33 bits per heavy atom. The summed E-state index contributed by atoms with van der Waals surface area (Å²) in [7, 11) is 1.77. The topological polar surface area (TPSA) is 72.9 Å². The molecule has 0 saturated carbocycles. The molecule has 0 radical (unpaired) electrons. The van der Waals surface area contributed by atoms with Crippen molar-refractivity contribution in [3.05, 3.63) is 29.9 Å². The summed E-state index contributed by atoms with van der Waals surface area (Å²) in [5.41, 5.74) is 4.81. The van der Waals surface area contributed by atoms with Gasteiger partial charge in [-0.1, -0.05) is 6.07 Å². The molecule has 2 aromatic rings. The summed E-state index contributed by atoms with van der Waals surface area (Å²) in [6.07, 6.45) is 6.49. The van der Waals surface area contributed by atoms with Crippen LogP contribution in [0.3, 0.4) is 0 Å². The second-order valence-corrected chi connectivity index (χ2v) is 6.27. The first-order valence-corrected chi connectivity index (χ1v) is 7.98. The number of nitrogens with one attached hydrogen (secondary N) is 1.